The van der Waals surface area contributed by atoms with E-state index in [9.17, 15) is 4.79 Å². The summed E-state index contributed by atoms with van der Waals surface area (Å²) in [6.07, 6.45) is 3.26. The van der Waals surface area contributed by atoms with Crippen molar-refractivity contribution in [1.29, 1.82) is 0 Å². The third-order valence-corrected chi connectivity index (χ3v) is 8.19. The fraction of sp³-hybridized carbons (Fsp3) is 0.333. The molecule has 1 amide bonds. The van der Waals surface area contributed by atoms with Gasteiger partial charge in [-0.05, 0) is 39.2 Å². The fourth-order valence-electron chi connectivity index (χ4n) is 4.28. The number of hydrogen-bond acceptors (Lipinski definition) is 7. The minimum Gasteiger partial charge on any atom is -0.356 e. The Hall–Kier alpha value is -2.84. The molecule has 8 heteroatoms. The molecule has 1 saturated heterocycles. The molecule has 0 aliphatic carbocycles. The molecule has 1 aromatic carbocycles. The lowest BCUT2D eigenvalue weighted by atomic mass is 9.96. The van der Waals surface area contributed by atoms with Gasteiger partial charge in [-0.3, -0.25) is 4.79 Å². The number of piperidine rings is 1. The van der Waals surface area contributed by atoms with Gasteiger partial charge in [0.1, 0.15) is 17.0 Å². The lowest BCUT2D eigenvalue weighted by molar-refractivity contribution is -0.120. The zero-order chi connectivity index (χ0) is 22.2. The Morgan fingerprint density at radius 3 is 2.53 bits per heavy atom. The number of thiazole rings is 1. The first-order valence-corrected chi connectivity index (χ1v) is 12.4. The molecular weight excluding hydrogens is 438 g/mol. The molecular formula is C24H25N5OS2. The molecule has 1 fully saturated rings. The molecule has 0 atom stereocenters. The maximum Gasteiger partial charge on any atom is 0.229 e. The number of thiophene rings is 1. The van der Waals surface area contributed by atoms with Gasteiger partial charge in [-0.25, -0.2) is 15.0 Å². The van der Waals surface area contributed by atoms with Crippen molar-refractivity contribution in [3.8, 4) is 11.3 Å². The number of nitrogens with zero attached hydrogens (tertiary/aromatic N) is 4. The van der Waals surface area contributed by atoms with Crippen molar-refractivity contribution in [3.05, 3.63) is 52.0 Å². The van der Waals surface area contributed by atoms with E-state index < -0.39 is 0 Å². The topological polar surface area (TPSA) is 71.0 Å². The number of rotatable bonds is 4. The maximum absolute atomic E-state index is 13.0. The molecule has 0 spiro atoms. The van der Waals surface area contributed by atoms with Gasteiger partial charge in [0.25, 0.3) is 0 Å². The number of hydrogen-bond donors (Lipinski definition) is 1. The average Bonchev–Trinajstić information content (AvgIpc) is 3.32. The molecule has 0 unspecified atom stereocenters. The van der Waals surface area contributed by atoms with Crippen LogP contribution in [0, 0.1) is 26.7 Å². The molecule has 0 saturated carbocycles. The number of carbonyl (C=O) groups excluding carboxylic acids is 1. The van der Waals surface area contributed by atoms with Crippen LogP contribution in [0.1, 0.15) is 28.2 Å². The highest BCUT2D eigenvalue weighted by atomic mass is 32.1. The van der Waals surface area contributed by atoms with Gasteiger partial charge in [0.05, 0.1) is 11.1 Å². The molecule has 5 rings (SSSR count). The molecule has 4 heterocycles. The Kier molecular flexibility index (Phi) is 5.65. The summed E-state index contributed by atoms with van der Waals surface area (Å²) in [7, 11) is 0. The number of aryl methyl sites for hydroxylation is 3. The molecule has 0 radical (unpaired) electrons. The van der Waals surface area contributed by atoms with E-state index in [0.29, 0.717) is 5.13 Å². The van der Waals surface area contributed by atoms with Crippen LogP contribution in [-0.4, -0.2) is 33.9 Å². The number of anilines is 2. The van der Waals surface area contributed by atoms with Gasteiger partial charge in [0, 0.05) is 34.3 Å². The van der Waals surface area contributed by atoms with E-state index in [0.717, 1.165) is 58.1 Å². The molecule has 32 heavy (non-hydrogen) atoms. The number of fused-ring (bicyclic) bond motifs is 1. The predicted molar refractivity (Wildman–Crippen MR) is 133 cm³/mol. The summed E-state index contributed by atoms with van der Waals surface area (Å²) in [5.74, 6) is 1.05. The molecule has 3 aromatic heterocycles. The number of nitrogens with one attached hydrogen (secondary N) is 1. The first kappa shape index (κ1) is 21.0. The van der Waals surface area contributed by atoms with E-state index in [1.54, 1.807) is 17.7 Å². The van der Waals surface area contributed by atoms with Crippen LogP contribution in [0.25, 0.3) is 21.5 Å². The van der Waals surface area contributed by atoms with Crippen molar-refractivity contribution < 1.29 is 4.79 Å². The van der Waals surface area contributed by atoms with Gasteiger partial charge >= 0.3 is 0 Å². The van der Waals surface area contributed by atoms with Crippen molar-refractivity contribution in [1.82, 2.24) is 15.0 Å². The Bertz CT molecular complexity index is 1270. The lowest BCUT2D eigenvalue weighted by Crippen LogP contribution is -2.38. The molecule has 6 nitrogen and oxygen atoms in total. The predicted octanol–water partition coefficient (Wildman–Crippen LogP) is 5.60. The monoisotopic (exact) mass is 463 g/mol. The fourth-order valence-corrected chi connectivity index (χ4v) is 6.11. The third-order valence-electron chi connectivity index (χ3n) is 6.18. The molecule has 1 N–H and O–H groups in total. The number of amides is 1. The second-order valence-corrected chi connectivity index (χ2v) is 10.6. The minimum absolute atomic E-state index is 0.0155. The molecule has 1 aliphatic rings. The Balaban J connectivity index is 1.26. The van der Waals surface area contributed by atoms with E-state index in [1.807, 2.05) is 37.3 Å². The SMILES string of the molecule is Cc1sc(NC(=O)C2CCN(c3ncnc4sc(C)c(C)c34)CC2)nc1-c1ccccc1. The Morgan fingerprint density at radius 2 is 1.78 bits per heavy atom. The van der Waals surface area contributed by atoms with E-state index in [1.165, 1.54) is 21.8 Å². The second kappa shape index (κ2) is 8.60. The van der Waals surface area contributed by atoms with Crippen LogP contribution in [0.5, 0.6) is 0 Å². The van der Waals surface area contributed by atoms with Crippen molar-refractivity contribution in [2.24, 2.45) is 5.92 Å². The van der Waals surface area contributed by atoms with Gasteiger partial charge in [0.2, 0.25) is 5.91 Å². The molecule has 164 valence electrons. The molecule has 0 bridgehead atoms. The van der Waals surface area contributed by atoms with Crippen molar-refractivity contribution >= 4 is 49.7 Å². The zero-order valence-corrected chi connectivity index (χ0v) is 20.0. The van der Waals surface area contributed by atoms with Crippen LogP contribution in [0.2, 0.25) is 0 Å². The minimum atomic E-state index is -0.0155. The zero-order valence-electron chi connectivity index (χ0n) is 18.4. The van der Waals surface area contributed by atoms with Crippen LogP contribution < -0.4 is 10.2 Å². The summed E-state index contributed by atoms with van der Waals surface area (Å²) >= 11 is 3.25. The summed E-state index contributed by atoms with van der Waals surface area (Å²) < 4.78 is 0. The smallest absolute Gasteiger partial charge is 0.229 e. The van der Waals surface area contributed by atoms with Crippen LogP contribution in [0.3, 0.4) is 0 Å². The maximum atomic E-state index is 13.0. The van der Waals surface area contributed by atoms with E-state index in [2.05, 4.69) is 39.0 Å². The van der Waals surface area contributed by atoms with E-state index >= 15 is 0 Å². The molecule has 4 aromatic rings. The van der Waals surface area contributed by atoms with Crippen LogP contribution in [0.4, 0.5) is 10.9 Å². The summed E-state index contributed by atoms with van der Waals surface area (Å²) in [6.45, 7) is 7.94. The largest absolute Gasteiger partial charge is 0.356 e. The van der Waals surface area contributed by atoms with Crippen molar-refractivity contribution in [2.75, 3.05) is 23.3 Å². The summed E-state index contributed by atoms with van der Waals surface area (Å²) in [5.41, 5.74) is 3.27. The van der Waals surface area contributed by atoms with Crippen LogP contribution in [0.15, 0.2) is 36.7 Å². The summed E-state index contributed by atoms with van der Waals surface area (Å²) in [4.78, 5) is 32.4. The number of benzene rings is 1. The second-order valence-electron chi connectivity index (χ2n) is 8.20. The normalized spacial score (nSPS) is 14.8. The van der Waals surface area contributed by atoms with Gasteiger partial charge in [-0.1, -0.05) is 30.3 Å². The Morgan fingerprint density at radius 1 is 1.03 bits per heavy atom. The summed E-state index contributed by atoms with van der Waals surface area (Å²) in [6, 6.07) is 10.1. The number of aromatic nitrogens is 3. The highest BCUT2D eigenvalue weighted by molar-refractivity contribution is 7.18. The quantitative estimate of drug-likeness (QED) is 0.427. The first-order valence-electron chi connectivity index (χ1n) is 10.8. The van der Waals surface area contributed by atoms with Crippen LogP contribution >= 0.6 is 22.7 Å². The standard InChI is InChI=1S/C24H25N5OS2/c1-14-15(2)31-23-19(14)21(25-13-26-23)29-11-9-18(10-12-29)22(30)28-24-27-20(16(3)32-24)17-7-5-4-6-8-17/h4-8,13,18H,9-12H2,1-3H3,(H,27,28,30). The van der Waals surface area contributed by atoms with Crippen LogP contribution in [-0.2, 0) is 4.79 Å². The average molecular weight is 464 g/mol. The van der Waals surface area contributed by atoms with Gasteiger partial charge in [0.15, 0.2) is 5.13 Å². The van der Waals surface area contributed by atoms with Gasteiger partial charge < -0.3 is 10.2 Å². The van der Waals surface area contributed by atoms with Crippen molar-refractivity contribution in [3.63, 3.8) is 0 Å². The number of carbonyl (C=O) groups is 1. The van der Waals surface area contributed by atoms with E-state index in [4.69, 9.17) is 0 Å². The third kappa shape index (κ3) is 3.89. The van der Waals surface area contributed by atoms with Crippen molar-refractivity contribution in [2.45, 2.75) is 33.6 Å². The Labute approximate surface area is 195 Å². The highest BCUT2D eigenvalue weighted by Gasteiger charge is 2.28. The first-order chi connectivity index (χ1) is 15.5. The van der Waals surface area contributed by atoms with E-state index in [-0.39, 0.29) is 11.8 Å². The molecule has 1 aliphatic heterocycles. The summed E-state index contributed by atoms with van der Waals surface area (Å²) in [5, 5.41) is 4.90. The highest BCUT2D eigenvalue weighted by Crippen LogP contribution is 2.36. The van der Waals surface area contributed by atoms with Gasteiger partial charge in [-0.2, -0.15) is 0 Å². The lowest BCUT2D eigenvalue weighted by Gasteiger charge is -2.32. The van der Waals surface area contributed by atoms with Gasteiger partial charge in [-0.15, -0.1) is 22.7 Å².